The molecule has 2 heterocycles. The Kier molecular flexibility index (Phi) is 4.78. The Morgan fingerprint density at radius 3 is 2.56 bits per heavy atom. The van der Waals surface area contributed by atoms with E-state index >= 15 is 0 Å². The molecule has 1 aromatic rings. The molecule has 1 atom stereocenters. The molecule has 1 saturated heterocycles. The van der Waals surface area contributed by atoms with Crippen molar-refractivity contribution in [1.29, 1.82) is 0 Å². The standard InChI is InChI=1S/C17H24N4O4/c1-10(2)13-9-20(6-5-15(23)21(13)8-11-3-4-11)16(24)12-7-14(22)19-17(25)18-12/h7,10-11,13H,3-6,8-9H2,1-2H3,(H2,18,19,22,25)/t13-/m1/s1. The molecular formula is C17H24N4O4. The van der Waals surface area contributed by atoms with E-state index in [2.05, 4.69) is 9.97 Å². The summed E-state index contributed by atoms with van der Waals surface area (Å²) in [5, 5.41) is 0. The lowest BCUT2D eigenvalue weighted by Crippen LogP contribution is -2.48. The Labute approximate surface area is 145 Å². The van der Waals surface area contributed by atoms with Crippen molar-refractivity contribution >= 4 is 11.8 Å². The molecule has 1 saturated carbocycles. The van der Waals surface area contributed by atoms with Gasteiger partial charge in [0, 0.05) is 32.1 Å². The van der Waals surface area contributed by atoms with Gasteiger partial charge in [-0.15, -0.1) is 0 Å². The summed E-state index contributed by atoms with van der Waals surface area (Å²) >= 11 is 0. The molecule has 2 aliphatic rings. The van der Waals surface area contributed by atoms with Crippen molar-refractivity contribution in [2.45, 2.75) is 39.2 Å². The highest BCUT2D eigenvalue weighted by molar-refractivity contribution is 5.92. The molecule has 136 valence electrons. The van der Waals surface area contributed by atoms with Crippen LogP contribution in [0.5, 0.6) is 0 Å². The van der Waals surface area contributed by atoms with E-state index in [0.29, 0.717) is 12.5 Å². The highest BCUT2D eigenvalue weighted by Crippen LogP contribution is 2.32. The summed E-state index contributed by atoms with van der Waals surface area (Å²) < 4.78 is 0. The van der Waals surface area contributed by atoms with Crippen molar-refractivity contribution in [2.75, 3.05) is 19.6 Å². The summed E-state index contributed by atoms with van der Waals surface area (Å²) in [5.41, 5.74) is -1.37. The van der Waals surface area contributed by atoms with Crippen molar-refractivity contribution in [2.24, 2.45) is 11.8 Å². The van der Waals surface area contributed by atoms with Crippen LogP contribution >= 0.6 is 0 Å². The van der Waals surface area contributed by atoms with Crippen LogP contribution in [0.3, 0.4) is 0 Å². The summed E-state index contributed by atoms with van der Waals surface area (Å²) in [5.74, 6) is 0.432. The molecule has 2 amide bonds. The predicted molar refractivity (Wildman–Crippen MR) is 91.3 cm³/mol. The Balaban J connectivity index is 1.84. The number of nitrogens with zero attached hydrogens (tertiary/aromatic N) is 2. The van der Waals surface area contributed by atoms with Crippen LogP contribution < -0.4 is 11.2 Å². The van der Waals surface area contributed by atoms with E-state index < -0.39 is 17.2 Å². The molecule has 0 radical (unpaired) electrons. The lowest BCUT2D eigenvalue weighted by Gasteiger charge is -2.34. The zero-order valence-corrected chi connectivity index (χ0v) is 14.6. The monoisotopic (exact) mass is 348 g/mol. The summed E-state index contributed by atoms with van der Waals surface area (Å²) in [7, 11) is 0. The third-order valence-corrected chi connectivity index (χ3v) is 4.92. The van der Waals surface area contributed by atoms with Gasteiger partial charge in [0.15, 0.2) is 0 Å². The normalized spacial score (nSPS) is 21.6. The summed E-state index contributed by atoms with van der Waals surface area (Å²) in [6.45, 7) is 5.54. The second-order valence-electron chi connectivity index (χ2n) is 7.30. The molecule has 1 aromatic heterocycles. The Morgan fingerprint density at radius 1 is 1.24 bits per heavy atom. The molecule has 3 rings (SSSR count). The fourth-order valence-electron chi connectivity index (χ4n) is 3.30. The van der Waals surface area contributed by atoms with Crippen LogP contribution in [-0.2, 0) is 4.79 Å². The van der Waals surface area contributed by atoms with Crippen LogP contribution in [0.4, 0.5) is 0 Å². The largest absolute Gasteiger partial charge is 0.337 e. The number of aromatic amines is 2. The van der Waals surface area contributed by atoms with Crippen molar-refractivity contribution in [3.63, 3.8) is 0 Å². The van der Waals surface area contributed by atoms with Gasteiger partial charge in [0.25, 0.3) is 11.5 Å². The number of hydrogen-bond acceptors (Lipinski definition) is 4. The van der Waals surface area contributed by atoms with Gasteiger partial charge >= 0.3 is 5.69 Å². The molecule has 0 unspecified atom stereocenters. The topological polar surface area (TPSA) is 106 Å². The molecule has 0 bridgehead atoms. The van der Waals surface area contributed by atoms with E-state index in [1.165, 1.54) is 0 Å². The van der Waals surface area contributed by atoms with E-state index in [4.69, 9.17) is 0 Å². The fraction of sp³-hybridized carbons (Fsp3) is 0.647. The molecule has 2 N–H and O–H groups in total. The average Bonchev–Trinajstić information content (AvgIpc) is 3.36. The second kappa shape index (κ2) is 6.85. The minimum Gasteiger partial charge on any atom is -0.337 e. The van der Waals surface area contributed by atoms with Crippen LogP contribution in [0.25, 0.3) is 0 Å². The SMILES string of the molecule is CC(C)[C@H]1CN(C(=O)c2cc(=O)[nH]c(=O)[nH]2)CCC(=O)N1CC1CC1. The van der Waals surface area contributed by atoms with Gasteiger partial charge in [-0.05, 0) is 24.7 Å². The van der Waals surface area contributed by atoms with Crippen LogP contribution in [0, 0.1) is 11.8 Å². The van der Waals surface area contributed by atoms with E-state index in [1.807, 2.05) is 18.7 Å². The zero-order valence-electron chi connectivity index (χ0n) is 14.6. The van der Waals surface area contributed by atoms with Gasteiger partial charge in [-0.25, -0.2) is 4.79 Å². The van der Waals surface area contributed by atoms with Gasteiger partial charge in [0.1, 0.15) is 5.69 Å². The van der Waals surface area contributed by atoms with Crippen molar-refractivity contribution in [3.05, 3.63) is 32.6 Å². The second-order valence-corrected chi connectivity index (χ2v) is 7.30. The van der Waals surface area contributed by atoms with E-state index in [-0.39, 0.29) is 36.5 Å². The maximum absolute atomic E-state index is 12.7. The minimum absolute atomic E-state index is 0.0423. The van der Waals surface area contributed by atoms with Crippen molar-refractivity contribution in [3.8, 4) is 0 Å². The fourth-order valence-corrected chi connectivity index (χ4v) is 3.30. The average molecular weight is 348 g/mol. The maximum atomic E-state index is 12.7. The smallest absolute Gasteiger partial charge is 0.326 e. The zero-order chi connectivity index (χ0) is 18.1. The minimum atomic E-state index is -0.711. The van der Waals surface area contributed by atoms with Crippen LogP contribution in [0.15, 0.2) is 15.7 Å². The Hall–Kier alpha value is -2.38. The number of carbonyl (C=O) groups excluding carboxylic acids is 2. The Morgan fingerprint density at radius 2 is 1.96 bits per heavy atom. The highest BCUT2D eigenvalue weighted by atomic mass is 16.2. The van der Waals surface area contributed by atoms with E-state index in [1.54, 1.807) is 4.90 Å². The highest BCUT2D eigenvalue weighted by Gasteiger charge is 2.36. The first-order valence-corrected chi connectivity index (χ1v) is 8.77. The van der Waals surface area contributed by atoms with Gasteiger partial charge in [0.05, 0.1) is 6.04 Å². The number of amides is 2. The third-order valence-electron chi connectivity index (χ3n) is 4.92. The van der Waals surface area contributed by atoms with E-state index in [9.17, 15) is 19.2 Å². The van der Waals surface area contributed by atoms with Gasteiger partial charge < -0.3 is 14.8 Å². The molecule has 0 aromatic carbocycles. The predicted octanol–water partition coefficient (Wildman–Crippen LogP) is 0.172. The quantitative estimate of drug-likeness (QED) is 0.809. The third kappa shape index (κ3) is 4.00. The van der Waals surface area contributed by atoms with Crippen molar-refractivity contribution < 1.29 is 9.59 Å². The van der Waals surface area contributed by atoms with Gasteiger partial charge in [-0.2, -0.15) is 0 Å². The number of nitrogens with one attached hydrogen (secondary N) is 2. The first kappa shape index (κ1) is 17.4. The van der Waals surface area contributed by atoms with E-state index in [0.717, 1.165) is 25.5 Å². The first-order valence-electron chi connectivity index (χ1n) is 8.77. The van der Waals surface area contributed by atoms with Crippen LogP contribution in [0.2, 0.25) is 0 Å². The lowest BCUT2D eigenvalue weighted by atomic mass is 10.0. The lowest BCUT2D eigenvalue weighted by molar-refractivity contribution is -0.133. The van der Waals surface area contributed by atoms with Gasteiger partial charge in [-0.3, -0.25) is 19.4 Å². The molecule has 1 aliphatic carbocycles. The number of rotatable bonds is 4. The van der Waals surface area contributed by atoms with Crippen LogP contribution in [-0.4, -0.2) is 57.3 Å². The number of hydrogen-bond donors (Lipinski definition) is 2. The van der Waals surface area contributed by atoms with Gasteiger partial charge in [0.2, 0.25) is 5.91 Å². The summed E-state index contributed by atoms with van der Waals surface area (Å²) in [6.07, 6.45) is 2.58. The number of carbonyl (C=O) groups is 2. The molecule has 8 nitrogen and oxygen atoms in total. The summed E-state index contributed by atoms with van der Waals surface area (Å²) in [6, 6.07) is 1.02. The van der Waals surface area contributed by atoms with Crippen LogP contribution in [0.1, 0.15) is 43.6 Å². The Bertz CT molecular complexity index is 749. The maximum Gasteiger partial charge on any atom is 0.326 e. The molecular weight excluding hydrogens is 324 g/mol. The number of aromatic nitrogens is 2. The number of H-pyrrole nitrogens is 2. The molecule has 1 aliphatic heterocycles. The van der Waals surface area contributed by atoms with Gasteiger partial charge in [-0.1, -0.05) is 13.8 Å². The molecule has 0 spiro atoms. The molecule has 2 fully saturated rings. The van der Waals surface area contributed by atoms with Crippen molar-refractivity contribution in [1.82, 2.24) is 19.8 Å². The first-order chi connectivity index (χ1) is 11.8. The molecule has 8 heteroatoms. The molecule has 25 heavy (non-hydrogen) atoms. The summed E-state index contributed by atoms with van der Waals surface area (Å²) in [4.78, 5) is 56.1.